The lowest BCUT2D eigenvalue weighted by Gasteiger charge is -2.27. The van der Waals surface area contributed by atoms with Crippen molar-refractivity contribution in [3.05, 3.63) is 35.6 Å². The molecule has 0 aliphatic rings. The molecule has 2 amide bonds. The number of halogens is 1. The highest BCUT2D eigenvalue weighted by Gasteiger charge is 2.23. The van der Waals surface area contributed by atoms with Crippen LogP contribution in [0.15, 0.2) is 24.3 Å². The Kier molecular flexibility index (Phi) is 6.15. The molecular formula is C15H21FN2O2. The van der Waals surface area contributed by atoms with Gasteiger partial charge in [-0.25, -0.2) is 4.39 Å². The molecule has 0 fully saturated rings. The summed E-state index contributed by atoms with van der Waals surface area (Å²) in [4.78, 5) is 25.1. The Bertz CT molecular complexity index is 459. The lowest BCUT2D eigenvalue weighted by Crippen LogP contribution is -2.47. The molecule has 1 aromatic carbocycles. The van der Waals surface area contributed by atoms with E-state index in [1.54, 1.807) is 19.1 Å². The van der Waals surface area contributed by atoms with E-state index in [-0.39, 0.29) is 24.2 Å². The fourth-order valence-electron chi connectivity index (χ4n) is 1.84. The second-order valence-corrected chi connectivity index (χ2v) is 4.74. The monoisotopic (exact) mass is 280 g/mol. The van der Waals surface area contributed by atoms with E-state index >= 15 is 0 Å². The van der Waals surface area contributed by atoms with Crippen molar-refractivity contribution in [2.45, 2.75) is 39.8 Å². The highest BCUT2D eigenvalue weighted by molar-refractivity contribution is 5.86. The highest BCUT2D eigenvalue weighted by Crippen LogP contribution is 2.10. The number of benzene rings is 1. The van der Waals surface area contributed by atoms with E-state index in [2.05, 4.69) is 5.32 Å². The van der Waals surface area contributed by atoms with Crippen LogP contribution in [0, 0.1) is 5.82 Å². The van der Waals surface area contributed by atoms with E-state index < -0.39 is 6.04 Å². The van der Waals surface area contributed by atoms with Gasteiger partial charge < -0.3 is 10.2 Å². The summed E-state index contributed by atoms with van der Waals surface area (Å²) in [5.41, 5.74) is 0.789. The smallest absolute Gasteiger partial charge is 0.242 e. The van der Waals surface area contributed by atoms with Crippen LogP contribution < -0.4 is 5.32 Å². The van der Waals surface area contributed by atoms with Gasteiger partial charge in [0, 0.05) is 20.0 Å². The van der Waals surface area contributed by atoms with Gasteiger partial charge in [-0.1, -0.05) is 19.1 Å². The van der Waals surface area contributed by atoms with Crippen LogP contribution in [0.2, 0.25) is 0 Å². The molecule has 0 saturated heterocycles. The highest BCUT2D eigenvalue weighted by atomic mass is 19.1. The molecule has 1 unspecified atom stereocenters. The Hall–Kier alpha value is -1.91. The molecule has 0 heterocycles. The van der Waals surface area contributed by atoms with Gasteiger partial charge in [-0.2, -0.15) is 0 Å². The molecule has 1 N–H and O–H groups in total. The van der Waals surface area contributed by atoms with Gasteiger partial charge in [-0.3, -0.25) is 9.59 Å². The number of carbonyl (C=O) groups is 2. The van der Waals surface area contributed by atoms with E-state index in [0.717, 1.165) is 12.0 Å². The predicted molar refractivity (Wildman–Crippen MR) is 75.4 cm³/mol. The molecule has 0 bridgehead atoms. The molecule has 20 heavy (non-hydrogen) atoms. The van der Waals surface area contributed by atoms with E-state index in [9.17, 15) is 14.0 Å². The van der Waals surface area contributed by atoms with Crippen LogP contribution in [0.5, 0.6) is 0 Å². The molecule has 0 saturated carbocycles. The third-order valence-electron chi connectivity index (χ3n) is 3.07. The van der Waals surface area contributed by atoms with Gasteiger partial charge in [-0.05, 0) is 31.0 Å². The number of hydrogen-bond donors (Lipinski definition) is 1. The molecule has 110 valence electrons. The topological polar surface area (TPSA) is 49.4 Å². The van der Waals surface area contributed by atoms with Crippen molar-refractivity contribution in [3.8, 4) is 0 Å². The molecule has 0 radical (unpaired) electrons. The third-order valence-corrected chi connectivity index (χ3v) is 3.07. The summed E-state index contributed by atoms with van der Waals surface area (Å²) in [6, 6.07) is 5.36. The van der Waals surface area contributed by atoms with Gasteiger partial charge in [0.05, 0.1) is 0 Å². The Morgan fingerprint density at radius 2 is 1.90 bits per heavy atom. The normalized spacial score (nSPS) is 11.8. The van der Waals surface area contributed by atoms with Crippen molar-refractivity contribution in [1.29, 1.82) is 0 Å². The number of carbonyl (C=O) groups excluding carboxylic acids is 2. The molecule has 4 nitrogen and oxygen atoms in total. The Morgan fingerprint density at radius 1 is 1.30 bits per heavy atom. The van der Waals surface area contributed by atoms with Crippen molar-refractivity contribution in [1.82, 2.24) is 10.2 Å². The zero-order valence-electron chi connectivity index (χ0n) is 12.1. The second kappa shape index (κ2) is 7.62. The summed E-state index contributed by atoms with van der Waals surface area (Å²) in [7, 11) is 0. The van der Waals surface area contributed by atoms with E-state index in [1.807, 2.05) is 6.92 Å². The van der Waals surface area contributed by atoms with Crippen LogP contribution in [0.1, 0.15) is 32.8 Å². The molecule has 0 spiro atoms. The summed E-state index contributed by atoms with van der Waals surface area (Å²) in [6.07, 6.45) is 0.844. The lowest BCUT2D eigenvalue weighted by atomic mass is 10.1. The van der Waals surface area contributed by atoms with Crippen molar-refractivity contribution in [2.24, 2.45) is 0 Å². The summed E-state index contributed by atoms with van der Waals surface area (Å²) < 4.78 is 12.9. The van der Waals surface area contributed by atoms with Gasteiger partial charge >= 0.3 is 0 Å². The average Bonchev–Trinajstić information content (AvgIpc) is 2.43. The molecule has 1 aromatic rings. The fourth-order valence-corrected chi connectivity index (χ4v) is 1.84. The van der Waals surface area contributed by atoms with Crippen molar-refractivity contribution in [3.63, 3.8) is 0 Å². The first kappa shape index (κ1) is 16.1. The van der Waals surface area contributed by atoms with Crippen LogP contribution >= 0.6 is 0 Å². The molecule has 5 heteroatoms. The van der Waals surface area contributed by atoms with Crippen molar-refractivity contribution >= 4 is 11.8 Å². The van der Waals surface area contributed by atoms with Gasteiger partial charge in [-0.15, -0.1) is 0 Å². The average molecular weight is 280 g/mol. The van der Waals surface area contributed by atoms with Gasteiger partial charge in [0.15, 0.2) is 0 Å². The Morgan fingerprint density at radius 3 is 2.40 bits per heavy atom. The van der Waals surface area contributed by atoms with Crippen LogP contribution in [-0.2, 0) is 16.1 Å². The number of hydrogen-bond acceptors (Lipinski definition) is 2. The third kappa shape index (κ3) is 4.64. The van der Waals surface area contributed by atoms with Crippen LogP contribution in [0.4, 0.5) is 4.39 Å². The Balaban J connectivity index is 2.75. The maximum Gasteiger partial charge on any atom is 0.242 e. The van der Waals surface area contributed by atoms with Crippen LogP contribution in [0.25, 0.3) is 0 Å². The minimum atomic E-state index is -0.552. The van der Waals surface area contributed by atoms with Crippen molar-refractivity contribution < 1.29 is 14.0 Å². The zero-order chi connectivity index (χ0) is 15.1. The summed E-state index contributed by atoms with van der Waals surface area (Å²) in [5.74, 6) is -0.686. The van der Waals surface area contributed by atoms with Crippen molar-refractivity contribution in [2.75, 3.05) is 6.54 Å². The van der Waals surface area contributed by atoms with Crippen LogP contribution in [0.3, 0.4) is 0 Å². The maximum absolute atomic E-state index is 12.9. The number of nitrogens with one attached hydrogen (secondary N) is 1. The van der Waals surface area contributed by atoms with Gasteiger partial charge in [0.1, 0.15) is 11.9 Å². The molecular weight excluding hydrogens is 259 g/mol. The number of rotatable bonds is 6. The molecule has 0 aliphatic carbocycles. The summed E-state index contributed by atoms with van der Waals surface area (Å²) in [6.45, 7) is 5.96. The Labute approximate surface area is 119 Å². The standard InChI is InChI=1S/C15H21FN2O2/c1-4-9-17-15(20)11(2)18(12(3)19)10-13-5-7-14(16)8-6-13/h5-8,11H,4,9-10H2,1-3H3,(H,17,20). The first-order valence-corrected chi connectivity index (χ1v) is 6.75. The minimum absolute atomic E-state index is 0.177. The predicted octanol–water partition coefficient (Wildman–Crippen LogP) is 2.09. The largest absolute Gasteiger partial charge is 0.354 e. The maximum atomic E-state index is 12.9. The second-order valence-electron chi connectivity index (χ2n) is 4.74. The van der Waals surface area contributed by atoms with Crippen LogP contribution in [-0.4, -0.2) is 29.3 Å². The van der Waals surface area contributed by atoms with E-state index in [4.69, 9.17) is 0 Å². The molecule has 1 atom stereocenters. The van der Waals surface area contributed by atoms with Gasteiger partial charge in [0.25, 0.3) is 0 Å². The SMILES string of the molecule is CCCNC(=O)C(C)N(Cc1ccc(F)cc1)C(C)=O. The summed E-state index contributed by atoms with van der Waals surface area (Å²) >= 11 is 0. The first-order valence-electron chi connectivity index (χ1n) is 6.75. The molecule has 1 rings (SSSR count). The molecule has 0 aliphatic heterocycles. The number of nitrogens with zero attached hydrogens (tertiary/aromatic N) is 1. The summed E-state index contributed by atoms with van der Waals surface area (Å²) in [5, 5.41) is 2.77. The lowest BCUT2D eigenvalue weighted by molar-refractivity contribution is -0.138. The first-order chi connectivity index (χ1) is 9.45. The zero-order valence-corrected chi connectivity index (χ0v) is 12.1. The number of amides is 2. The quantitative estimate of drug-likeness (QED) is 0.867. The molecule has 0 aromatic heterocycles. The fraction of sp³-hybridized carbons (Fsp3) is 0.467. The minimum Gasteiger partial charge on any atom is -0.354 e. The van der Waals surface area contributed by atoms with E-state index in [0.29, 0.717) is 6.54 Å². The van der Waals surface area contributed by atoms with Gasteiger partial charge in [0.2, 0.25) is 11.8 Å². The van der Waals surface area contributed by atoms with E-state index in [1.165, 1.54) is 24.0 Å².